The molecule has 1 aliphatic heterocycles. The number of rotatable bonds is 5. The van der Waals surface area contributed by atoms with E-state index < -0.39 is 5.97 Å². The van der Waals surface area contributed by atoms with E-state index in [0.29, 0.717) is 11.6 Å². The number of aromatic carboxylic acids is 1. The number of carboxylic acids is 1. The summed E-state index contributed by atoms with van der Waals surface area (Å²) in [5, 5.41) is 9.22. The molecule has 0 bridgehead atoms. The molecule has 1 saturated heterocycles. The van der Waals surface area contributed by atoms with Crippen LogP contribution >= 0.6 is 0 Å². The Balaban J connectivity index is 2.10. The van der Waals surface area contributed by atoms with Crippen molar-refractivity contribution < 1.29 is 9.90 Å². The molecule has 1 heterocycles. The van der Waals surface area contributed by atoms with E-state index in [1.54, 1.807) is 12.1 Å². The van der Waals surface area contributed by atoms with Gasteiger partial charge in [0.2, 0.25) is 0 Å². The van der Waals surface area contributed by atoms with Gasteiger partial charge in [-0.25, -0.2) is 4.79 Å². The van der Waals surface area contributed by atoms with Gasteiger partial charge in [-0.15, -0.1) is 0 Å². The van der Waals surface area contributed by atoms with Crippen molar-refractivity contribution in [3.05, 3.63) is 35.4 Å². The van der Waals surface area contributed by atoms with E-state index in [1.165, 1.54) is 12.8 Å². The van der Waals surface area contributed by atoms with Gasteiger partial charge in [0.05, 0.1) is 5.56 Å². The van der Waals surface area contributed by atoms with Gasteiger partial charge < -0.3 is 10.0 Å². The SMILES string of the molecule is CN(C)CC1CCCN1Cc1ccccc1C(=O)O. The summed E-state index contributed by atoms with van der Waals surface area (Å²) in [4.78, 5) is 15.8. The maximum atomic E-state index is 11.2. The Morgan fingerprint density at radius 3 is 2.84 bits per heavy atom. The first-order valence-electron chi connectivity index (χ1n) is 6.78. The molecular weight excluding hydrogens is 240 g/mol. The number of carboxylic acid groups (broad SMARTS) is 1. The summed E-state index contributed by atoms with van der Waals surface area (Å²) >= 11 is 0. The smallest absolute Gasteiger partial charge is 0.336 e. The Morgan fingerprint density at radius 1 is 1.42 bits per heavy atom. The van der Waals surface area contributed by atoms with Crippen molar-refractivity contribution in [3.8, 4) is 0 Å². The van der Waals surface area contributed by atoms with Gasteiger partial charge in [-0.2, -0.15) is 0 Å². The lowest BCUT2D eigenvalue weighted by atomic mass is 10.1. The molecule has 0 spiro atoms. The maximum absolute atomic E-state index is 11.2. The summed E-state index contributed by atoms with van der Waals surface area (Å²) in [5.41, 5.74) is 1.35. The minimum atomic E-state index is -0.834. The highest BCUT2D eigenvalue weighted by Gasteiger charge is 2.25. The molecule has 19 heavy (non-hydrogen) atoms. The van der Waals surface area contributed by atoms with Crippen molar-refractivity contribution in [2.24, 2.45) is 0 Å². The van der Waals surface area contributed by atoms with E-state index >= 15 is 0 Å². The normalized spacial score (nSPS) is 20.1. The molecule has 0 amide bonds. The lowest BCUT2D eigenvalue weighted by molar-refractivity contribution is 0.0694. The molecule has 1 fully saturated rings. The van der Waals surface area contributed by atoms with E-state index in [0.717, 1.165) is 25.2 Å². The van der Waals surface area contributed by atoms with Gasteiger partial charge in [0.15, 0.2) is 0 Å². The summed E-state index contributed by atoms with van der Waals surface area (Å²) in [6, 6.07) is 7.85. The number of hydrogen-bond donors (Lipinski definition) is 1. The zero-order valence-corrected chi connectivity index (χ0v) is 11.7. The van der Waals surface area contributed by atoms with Crippen molar-refractivity contribution in [1.29, 1.82) is 0 Å². The standard InChI is InChI=1S/C15H22N2O2/c1-16(2)11-13-7-5-9-17(13)10-12-6-3-4-8-14(12)15(18)19/h3-4,6,8,13H,5,7,9-11H2,1-2H3,(H,18,19). The molecule has 1 aromatic carbocycles. The molecule has 104 valence electrons. The maximum Gasteiger partial charge on any atom is 0.336 e. The molecule has 0 aromatic heterocycles. The monoisotopic (exact) mass is 262 g/mol. The Kier molecular flexibility index (Phi) is 4.56. The quantitative estimate of drug-likeness (QED) is 0.880. The fourth-order valence-electron chi connectivity index (χ4n) is 2.82. The molecule has 0 aliphatic carbocycles. The highest BCUT2D eigenvalue weighted by atomic mass is 16.4. The molecule has 1 N–H and O–H groups in total. The van der Waals surface area contributed by atoms with Gasteiger partial charge in [-0.05, 0) is 45.1 Å². The number of likely N-dealkylation sites (N-methyl/N-ethyl adjacent to an activating group) is 1. The molecule has 2 rings (SSSR count). The van der Waals surface area contributed by atoms with Crippen LogP contribution in [0, 0.1) is 0 Å². The third kappa shape index (κ3) is 3.55. The molecule has 1 atom stereocenters. The van der Waals surface area contributed by atoms with Gasteiger partial charge in [0.25, 0.3) is 0 Å². The van der Waals surface area contributed by atoms with Crippen LogP contribution in [0.3, 0.4) is 0 Å². The van der Waals surface area contributed by atoms with Crippen LogP contribution in [0.15, 0.2) is 24.3 Å². The molecule has 0 radical (unpaired) electrons. The lowest BCUT2D eigenvalue weighted by Gasteiger charge is -2.27. The predicted octanol–water partition coefficient (Wildman–Crippen LogP) is 1.91. The van der Waals surface area contributed by atoms with Crippen LogP contribution in [0.5, 0.6) is 0 Å². The second-order valence-corrected chi connectivity index (χ2v) is 5.49. The first kappa shape index (κ1) is 14.0. The molecule has 0 saturated carbocycles. The van der Waals surface area contributed by atoms with Crippen LogP contribution in [-0.2, 0) is 6.54 Å². The fourth-order valence-corrected chi connectivity index (χ4v) is 2.82. The third-order valence-corrected chi connectivity index (χ3v) is 3.70. The first-order chi connectivity index (χ1) is 9.08. The van der Waals surface area contributed by atoms with Crippen molar-refractivity contribution in [2.45, 2.75) is 25.4 Å². The van der Waals surface area contributed by atoms with Gasteiger partial charge in [0.1, 0.15) is 0 Å². The van der Waals surface area contributed by atoms with Crippen molar-refractivity contribution in [2.75, 3.05) is 27.2 Å². The largest absolute Gasteiger partial charge is 0.478 e. The Morgan fingerprint density at radius 2 is 2.16 bits per heavy atom. The van der Waals surface area contributed by atoms with Crippen molar-refractivity contribution in [3.63, 3.8) is 0 Å². The number of carbonyl (C=O) groups is 1. The Hall–Kier alpha value is -1.39. The molecular formula is C15H22N2O2. The molecule has 4 nitrogen and oxygen atoms in total. The number of likely N-dealkylation sites (tertiary alicyclic amines) is 1. The topological polar surface area (TPSA) is 43.8 Å². The minimum absolute atomic E-state index is 0.429. The molecule has 1 aliphatic rings. The molecule has 4 heteroatoms. The van der Waals surface area contributed by atoms with Crippen LogP contribution in [0.2, 0.25) is 0 Å². The average Bonchev–Trinajstić information content (AvgIpc) is 2.76. The predicted molar refractivity (Wildman–Crippen MR) is 75.4 cm³/mol. The van der Waals surface area contributed by atoms with Crippen LogP contribution in [0.4, 0.5) is 0 Å². The first-order valence-corrected chi connectivity index (χ1v) is 6.78. The fraction of sp³-hybridized carbons (Fsp3) is 0.533. The van der Waals surface area contributed by atoms with E-state index in [1.807, 2.05) is 12.1 Å². The second kappa shape index (κ2) is 6.17. The summed E-state index contributed by atoms with van der Waals surface area (Å²) in [6.07, 6.45) is 2.40. The Labute approximate surface area is 114 Å². The molecule has 1 aromatic rings. The van der Waals surface area contributed by atoms with E-state index in [4.69, 9.17) is 0 Å². The van der Waals surface area contributed by atoms with Gasteiger partial charge in [-0.1, -0.05) is 18.2 Å². The zero-order valence-electron chi connectivity index (χ0n) is 11.7. The number of benzene rings is 1. The molecule has 1 unspecified atom stereocenters. The van der Waals surface area contributed by atoms with E-state index in [-0.39, 0.29) is 0 Å². The van der Waals surface area contributed by atoms with Crippen LogP contribution in [-0.4, -0.2) is 54.1 Å². The van der Waals surface area contributed by atoms with Crippen LogP contribution in [0.1, 0.15) is 28.8 Å². The summed E-state index contributed by atoms with van der Waals surface area (Å²) in [5.74, 6) is -0.834. The highest BCUT2D eigenvalue weighted by molar-refractivity contribution is 5.89. The second-order valence-electron chi connectivity index (χ2n) is 5.49. The lowest BCUT2D eigenvalue weighted by Crippen LogP contribution is -2.37. The number of hydrogen-bond acceptors (Lipinski definition) is 3. The zero-order chi connectivity index (χ0) is 13.8. The van der Waals surface area contributed by atoms with E-state index in [9.17, 15) is 9.90 Å². The van der Waals surface area contributed by atoms with Gasteiger partial charge >= 0.3 is 5.97 Å². The highest BCUT2D eigenvalue weighted by Crippen LogP contribution is 2.22. The Bertz CT molecular complexity index is 446. The minimum Gasteiger partial charge on any atom is -0.478 e. The summed E-state index contributed by atoms with van der Waals surface area (Å²) < 4.78 is 0. The third-order valence-electron chi connectivity index (χ3n) is 3.70. The van der Waals surface area contributed by atoms with Crippen molar-refractivity contribution in [1.82, 2.24) is 9.80 Å². The summed E-state index contributed by atoms with van der Waals surface area (Å²) in [6.45, 7) is 2.84. The average molecular weight is 262 g/mol. The van der Waals surface area contributed by atoms with Crippen LogP contribution < -0.4 is 0 Å². The van der Waals surface area contributed by atoms with Crippen LogP contribution in [0.25, 0.3) is 0 Å². The van der Waals surface area contributed by atoms with Gasteiger partial charge in [0, 0.05) is 19.1 Å². The van der Waals surface area contributed by atoms with Crippen molar-refractivity contribution >= 4 is 5.97 Å². The number of nitrogens with zero attached hydrogens (tertiary/aromatic N) is 2. The summed E-state index contributed by atoms with van der Waals surface area (Å²) in [7, 11) is 4.17. The van der Waals surface area contributed by atoms with Gasteiger partial charge in [-0.3, -0.25) is 4.90 Å². The van der Waals surface area contributed by atoms with E-state index in [2.05, 4.69) is 23.9 Å².